The van der Waals surface area contributed by atoms with Crippen molar-refractivity contribution in [3.63, 3.8) is 0 Å². The number of nitrogens with one attached hydrogen (secondary N) is 2. The van der Waals surface area contributed by atoms with Crippen LogP contribution in [0.5, 0.6) is 5.75 Å². The fourth-order valence-electron chi connectivity index (χ4n) is 4.90. The Morgan fingerprint density at radius 3 is 2.12 bits per heavy atom. The molecule has 0 saturated carbocycles. The van der Waals surface area contributed by atoms with Crippen molar-refractivity contribution in [2.24, 2.45) is 0 Å². The fraction of sp³-hybridized carbons (Fsp3) is 0.276. The Morgan fingerprint density at radius 2 is 1.45 bits per heavy atom. The van der Waals surface area contributed by atoms with Crippen LogP contribution in [0.3, 0.4) is 0 Å². The second-order valence-electron chi connectivity index (χ2n) is 10.1. The normalized spacial score (nSPS) is 20.3. The average Bonchev–Trinajstić information content (AvgIpc) is 2.96. The molecular weight excluding hydrogens is 408 g/mol. The molecule has 1 heterocycles. The van der Waals surface area contributed by atoms with E-state index in [2.05, 4.69) is 55.7 Å². The minimum atomic E-state index is -0.270. The molecule has 2 atom stereocenters. The number of aromatic hydroxyl groups is 1. The van der Waals surface area contributed by atoms with E-state index in [1.807, 2.05) is 36.4 Å². The second-order valence-corrected chi connectivity index (χ2v) is 10.1. The van der Waals surface area contributed by atoms with E-state index in [0.29, 0.717) is 6.42 Å². The van der Waals surface area contributed by atoms with Crippen molar-refractivity contribution in [1.29, 1.82) is 0 Å². The molecule has 4 heteroatoms. The summed E-state index contributed by atoms with van der Waals surface area (Å²) >= 11 is 0. The number of phenolic OH excluding ortho intramolecular Hbond substituents is 1. The summed E-state index contributed by atoms with van der Waals surface area (Å²) in [7, 11) is 0. The van der Waals surface area contributed by atoms with Gasteiger partial charge in [0.15, 0.2) is 5.78 Å². The van der Waals surface area contributed by atoms with Crippen molar-refractivity contribution in [2.45, 2.75) is 51.0 Å². The monoisotopic (exact) mass is 438 g/mol. The molecule has 3 N–H and O–H groups in total. The molecule has 33 heavy (non-hydrogen) atoms. The van der Waals surface area contributed by atoms with Crippen LogP contribution in [0.4, 0.5) is 11.4 Å². The van der Waals surface area contributed by atoms with Crippen LogP contribution in [0, 0.1) is 0 Å². The minimum absolute atomic E-state index is 0.103. The van der Waals surface area contributed by atoms with Gasteiger partial charge in [-0.05, 0) is 58.7 Å². The van der Waals surface area contributed by atoms with Gasteiger partial charge in [-0.2, -0.15) is 0 Å². The molecule has 168 valence electrons. The molecule has 1 aliphatic carbocycles. The summed E-state index contributed by atoms with van der Waals surface area (Å²) in [4.78, 5) is 13.6. The Bertz CT molecular complexity index is 1220. The number of rotatable bonds is 2. The highest BCUT2D eigenvalue weighted by molar-refractivity contribution is 6.01. The van der Waals surface area contributed by atoms with Gasteiger partial charge in [0.2, 0.25) is 0 Å². The maximum absolute atomic E-state index is 13.6. The zero-order valence-corrected chi connectivity index (χ0v) is 19.4. The molecule has 0 spiro atoms. The highest BCUT2D eigenvalue weighted by atomic mass is 16.3. The molecule has 0 fully saturated rings. The quantitative estimate of drug-likeness (QED) is 0.418. The molecule has 0 saturated heterocycles. The average molecular weight is 439 g/mol. The predicted molar refractivity (Wildman–Crippen MR) is 134 cm³/mol. The lowest BCUT2D eigenvalue weighted by Gasteiger charge is -2.30. The van der Waals surface area contributed by atoms with Gasteiger partial charge >= 0.3 is 0 Å². The summed E-state index contributed by atoms with van der Waals surface area (Å²) in [6, 6.07) is 23.7. The van der Waals surface area contributed by atoms with Gasteiger partial charge in [0, 0.05) is 17.7 Å². The number of ketones is 1. The van der Waals surface area contributed by atoms with Crippen molar-refractivity contribution in [3.8, 4) is 5.75 Å². The number of Topliss-reactive ketones (excluding diaryl/α,β-unsaturated/α-hetero) is 1. The number of benzene rings is 3. The lowest BCUT2D eigenvalue weighted by molar-refractivity contribution is -0.116. The highest BCUT2D eigenvalue weighted by Gasteiger charge is 2.36. The van der Waals surface area contributed by atoms with E-state index in [1.54, 1.807) is 12.1 Å². The largest absolute Gasteiger partial charge is 0.508 e. The van der Waals surface area contributed by atoms with E-state index < -0.39 is 0 Å². The number of carbonyl (C=O) groups is 1. The molecule has 1 aliphatic heterocycles. The molecular formula is C29H30N2O2. The summed E-state index contributed by atoms with van der Waals surface area (Å²) in [6.45, 7) is 6.64. The smallest absolute Gasteiger partial charge is 0.163 e. The third-order valence-corrected chi connectivity index (χ3v) is 6.78. The fourth-order valence-corrected chi connectivity index (χ4v) is 4.90. The third-order valence-electron chi connectivity index (χ3n) is 6.78. The lowest BCUT2D eigenvalue weighted by atomic mass is 9.77. The Balaban J connectivity index is 1.54. The van der Waals surface area contributed by atoms with Crippen molar-refractivity contribution < 1.29 is 9.90 Å². The number of anilines is 2. The zero-order chi connectivity index (χ0) is 23.2. The van der Waals surface area contributed by atoms with Crippen LogP contribution in [0.15, 0.2) is 84.1 Å². The van der Waals surface area contributed by atoms with Crippen molar-refractivity contribution in [2.75, 3.05) is 10.6 Å². The number of hydrogen-bond donors (Lipinski definition) is 3. The molecule has 2 aliphatic rings. The first kappa shape index (κ1) is 21.3. The molecule has 3 aromatic rings. The molecule has 4 nitrogen and oxygen atoms in total. The zero-order valence-electron chi connectivity index (χ0n) is 19.4. The lowest BCUT2D eigenvalue weighted by Crippen LogP contribution is -2.26. The van der Waals surface area contributed by atoms with Gasteiger partial charge in [-0.15, -0.1) is 0 Å². The molecule has 0 bridgehead atoms. The highest BCUT2D eigenvalue weighted by Crippen LogP contribution is 2.44. The molecule has 0 aromatic heterocycles. The van der Waals surface area contributed by atoms with Crippen molar-refractivity contribution in [3.05, 3.63) is 101 Å². The van der Waals surface area contributed by atoms with E-state index in [1.165, 1.54) is 11.1 Å². The number of para-hydroxylation sites is 2. The number of hydrogen-bond acceptors (Lipinski definition) is 4. The summed E-state index contributed by atoms with van der Waals surface area (Å²) < 4.78 is 0. The van der Waals surface area contributed by atoms with Gasteiger partial charge in [-0.1, -0.05) is 69.3 Å². The van der Waals surface area contributed by atoms with E-state index in [9.17, 15) is 9.90 Å². The van der Waals surface area contributed by atoms with Crippen LogP contribution in [0.2, 0.25) is 0 Å². The van der Waals surface area contributed by atoms with Gasteiger partial charge in [0.05, 0.1) is 17.4 Å². The van der Waals surface area contributed by atoms with Crippen molar-refractivity contribution in [1.82, 2.24) is 0 Å². The van der Waals surface area contributed by atoms with Gasteiger partial charge in [-0.3, -0.25) is 4.79 Å². The Kier molecular flexibility index (Phi) is 5.24. The first-order valence-corrected chi connectivity index (χ1v) is 11.6. The van der Waals surface area contributed by atoms with Crippen LogP contribution < -0.4 is 10.6 Å². The summed E-state index contributed by atoms with van der Waals surface area (Å²) in [5.74, 6) is 0.518. The molecule has 0 radical (unpaired) electrons. The topological polar surface area (TPSA) is 61.4 Å². The minimum Gasteiger partial charge on any atom is -0.508 e. The first-order chi connectivity index (χ1) is 15.8. The number of phenols is 1. The van der Waals surface area contributed by atoms with E-state index in [0.717, 1.165) is 34.6 Å². The van der Waals surface area contributed by atoms with Crippen LogP contribution in [0.25, 0.3) is 0 Å². The number of allylic oxidation sites excluding steroid dienone is 1. The van der Waals surface area contributed by atoms with Crippen LogP contribution >= 0.6 is 0 Å². The van der Waals surface area contributed by atoms with Crippen LogP contribution in [0.1, 0.15) is 62.3 Å². The van der Waals surface area contributed by atoms with Gasteiger partial charge in [0.1, 0.15) is 5.75 Å². The molecule has 0 amide bonds. The Hall–Kier alpha value is -3.53. The molecule has 3 aromatic carbocycles. The van der Waals surface area contributed by atoms with Gasteiger partial charge in [0.25, 0.3) is 0 Å². The van der Waals surface area contributed by atoms with Gasteiger partial charge in [-0.25, -0.2) is 0 Å². The molecule has 5 rings (SSSR count). The Morgan fingerprint density at radius 1 is 0.818 bits per heavy atom. The molecule has 2 unspecified atom stereocenters. The summed E-state index contributed by atoms with van der Waals surface area (Å²) in [5, 5.41) is 16.9. The van der Waals surface area contributed by atoms with Crippen molar-refractivity contribution >= 4 is 17.2 Å². The maximum atomic E-state index is 13.6. The van der Waals surface area contributed by atoms with E-state index in [4.69, 9.17) is 0 Å². The standard InChI is InChI=1S/C29H30N2O2/c1-29(2,3)21-12-8-18(9-13-21)20-16-25-27(26(33)17-20)28(19-10-14-22(32)15-11-19)31-24-7-5-4-6-23(24)30-25/h4-15,20,28,30-32H,16-17H2,1-3H3. The van der Waals surface area contributed by atoms with E-state index >= 15 is 0 Å². The Labute approximate surface area is 195 Å². The summed E-state index contributed by atoms with van der Waals surface area (Å²) in [5.41, 5.74) is 7.27. The van der Waals surface area contributed by atoms with E-state index in [-0.39, 0.29) is 28.9 Å². The predicted octanol–water partition coefficient (Wildman–Crippen LogP) is 6.67. The number of carbonyl (C=O) groups excluding carboxylic acids is 1. The van der Waals surface area contributed by atoms with Gasteiger partial charge < -0.3 is 15.7 Å². The first-order valence-electron chi connectivity index (χ1n) is 11.6. The SMILES string of the molecule is CC(C)(C)c1ccc(C2CC(=O)C3=C(C2)Nc2ccccc2NC3c2ccc(O)cc2)cc1. The van der Waals surface area contributed by atoms with Crippen LogP contribution in [-0.4, -0.2) is 10.9 Å². The summed E-state index contributed by atoms with van der Waals surface area (Å²) in [6.07, 6.45) is 1.27. The maximum Gasteiger partial charge on any atom is 0.163 e. The second kappa shape index (κ2) is 8.11. The number of fused-ring (bicyclic) bond motifs is 1. The third kappa shape index (κ3) is 4.13. The van der Waals surface area contributed by atoms with Crippen LogP contribution in [-0.2, 0) is 10.2 Å².